The van der Waals surface area contributed by atoms with Crippen LogP contribution in [0.2, 0.25) is 0 Å². The maximum atomic E-state index is 11.1. The minimum absolute atomic E-state index is 0.222. The lowest BCUT2D eigenvalue weighted by atomic mass is 9.93. The number of benzene rings is 1. The highest BCUT2D eigenvalue weighted by Crippen LogP contribution is 2.14. The Morgan fingerprint density at radius 3 is 2.56 bits per heavy atom. The van der Waals surface area contributed by atoms with Gasteiger partial charge in [-0.25, -0.2) is 0 Å². The number of aliphatic hydroxyl groups excluding tert-OH is 1. The molecule has 0 saturated carbocycles. The molecule has 100 valence electrons. The van der Waals surface area contributed by atoms with Crippen LogP contribution in [-0.2, 0) is 16.1 Å². The molecule has 2 atom stereocenters. The average Bonchev–Trinajstić information content (AvgIpc) is 2.35. The number of hydrogen-bond acceptors (Lipinski definition) is 4. The summed E-state index contributed by atoms with van der Waals surface area (Å²) in [7, 11) is 0. The molecule has 18 heavy (non-hydrogen) atoms. The van der Waals surface area contributed by atoms with E-state index in [4.69, 9.17) is 4.74 Å². The van der Waals surface area contributed by atoms with Crippen LogP contribution in [0.15, 0.2) is 30.3 Å². The Balaban J connectivity index is 2.28. The van der Waals surface area contributed by atoms with Gasteiger partial charge in [-0.2, -0.15) is 0 Å². The Kier molecular flexibility index (Phi) is 5.47. The van der Waals surface area contributed by atoms with E-state index in [1.54, 1.807) is 0 Å². The van der Waals surface area contributed by atoms with Crippen LogP contribution >= 0.6 is 0 Å². The summed E-state index contributed by atoms with van der Waals surface area (Å²) in [5.41, 5.74) is -0.652. The SMILES string of the molecule is CC(=O)C(C)(O)C(O)CCOCc1ccccc1. The Morgan fingerprint density at radius 2 is 2.00 bits per heavy atom. The van der Waals surface area contributed by atoms with Crippen molar-refractivity contribution >= 4 is 5.78 Å². The summed E-state index contributed by atoms with van der Waals surface area (Å²) < 4.78 is 5.38. The van der Waals surface area contributed by atoms with E-state index in [9.17, 15) is 15.0 Å². The third-order valence-corrected chi connectivity index (χ3v) is 3.01. The van der Waals surface area contributed by atoms with Gasteiger partial charge in [-0.1, -0.05) is 30.3 Å². The summed E-state index contributed by atoms with van der Waals surface area (Å²) in [5.74, 6) is -0.446. The lowest BCUT2D eigenvalue weighted by molar-refractivity contribution is -0.146. The molecule has 0 saturated heterocycles. The second kappa shape index (κ2) is 6.64. The Labute approximate surface area is 107 Å². The molecule has 1 aromatic rings. The van der Waals surface area contributed by atoms with Crippen LogP contribution in [0.1, 0.15) is 25.8 Å². The van der Waals surface area contributed by atoms with Gasteiger partial charge in [0.25, 0.3) is 0 Å². The average molecular weight is 252 g/mol. The van der Waals surface area contributed by atoms with E-state index in [1.807, 2.05) is 30.3 Å². The van der Waals surface area contributed by atoms with Crippen molar-refractivity contribution in [1.82, 2.24) is 0 Å². The number of carbonyl (C=O) groups excluding carboxylic acids is 1. The van der Waals surface area contributed by atoms with Gasteiger partial charge in [-0.15, -0.1) is 0 Å². The highest BCUT2D eigenvalue weighted by Gasteiger charge is 2.34. The van der Waals surface area contributed by atoms with E-state index in [1.165, 1.54) is 13.8 Å². The second-order valence-electron chi connectivity index (χ2n) is 4.55. The number of Topliss-reactive ketones (excluding diaryl/α,β-unsaturated/α-hetero) is 1. The standard InChI is InChI=1S/C14H20O4/c1-11(15)14(2,17)13(16)8-9-18-10-12-6-4-3-5-7-12/h3-7,13,16-17H,8-10H2,1-2H3. The molecule has 1 rings (SSSR count). The number of carbonyl (C=O) groups is 1. The molecule has 0 heterocycles. The first-order valence-electron chi connectivity index (χ1n) is 5.97. The number of ether oxygens (including phenoxy) is 1. The van der Waals surface area contributed by atoms with Crippen LogP contribution < -0.4 is 0 Å². The van der Waals surface area contributed by atoms with Gasteiger partial charge in [0.15, 0.2) is 5.78 Å². The molecule has 0 fully saturated rings. The molecule has 0 aliphatic rings. The largest absolute Gasteiger partial charge is 0.390 e. The normalized spacial score (nSPS) is 16.0. The maximum absolute atomic E-state index is 11.1. The molecule has 4 nitrogen and oxygen atoms in total. The van der Waals surface area contributed by atoms with Crippen molar-refractivity contribution in [3.05, 3.63) is 35.9 Å². The molecule has 2 N–H and O–H groups in total. The van der Waals surface area contributed by atoms with Gasteiger partial charge in [0.1, 0.15) is 5.60 Å². The monoisotopic (exact) mass is 252 g/mol. The molecule has 0 spiro atoms. The molecule has 0 aliphatic heterocycles. The molecule has 0 radical (unpaired) electrons. The van der Waals surface area contributed by atoms with Gasteiger partial charge in [0.05, 0.1) is 12.7 Å². The van der Waals surface area contributed by atoms with E-state index in [2.05, 4.69) is 0 Å². The lowest BCUT2D eigenvalue weighted by Gasteiger charge is -2.26. The quantitative estimate of drug-likeness (QED) is 0.718. The molecule has 2 unspecified atom stereocenters. The van der Waals surface area contributed by atoms with Crippen LogP contribution in [0, 0.1) is 0 Å². The van der Waals surface area contributed by atoms with Gasteiger partial charge >= 0.3 is 0 Å². The molecule has 4 heteroatoms. The fourth-order valence-corrected chi connectivity index (χ4v) is 1.47. The van der Waals surface area contributed by atoms with Gasteiger partial charge in [-0.3, -0.25) is 4.79 Å². The Bertz CT molecular complexity index is 373. The third kappa shape index (κ3) is 4.22. The van der Waals surface area contributed by atoms with Gasteiger partial charge < -0.3 is 14.9 Å². The summed E-state index contributed by atoms with van der Waals surface area (Å²) in [6, 6.07) is 9.67. The third-order valence-electron chi connectivity index (χ3n) is 3.01. The van der Waals surface area contributed by atoms with E-state index in [0.717, 1.165) is 5.56 Å². The second-order valence-corrected chi connectivity index (χ2v) is 4.55. The molecular formula is C14H20O4. The van der Waals surface area contributed by atoms with Gasteiger partial charge in [-0.05, 0) is 25.8 Å². The number of rotatable bonds is 7. The van der Waals surface area contributed by atoms with Crippen molar-refractivity contribution in [2.24, 2.45) is 0 Å². The van der Waals surface area contributed by atoms with Gasteiger partial charge in [0.2, 0.25) is 0 Å². The molecular weight excluding hydrogens is 232 g/mol. The summed E-state index contributed by atoms with van der Waals surface area (Å²) in [6.07, 6.45) is -0.884. The summed E-state index contributed by atoms with van der Waals surface area (Å²) in [5, 5.41) is 19.4. The van der Waals surface area contributed by atoms with Crippen molar-refractivity contribution in [2.45, 2.75) is 38.6 Å². The minimum Gasteiger partial charge on any atom is -0.390 e. The smallest absolute Gasteiger partial charge is 0.163 e. The minimum atomic E-state index is -1.70. The van der Waals surface area contributed by atoms with E-state index >= 15 is 0 Å². The Hall–Kier alpha value is -1.23. The summed E-state index contributed by atoms with van der Waals surface area (Å²) >= 11 is 0. The van der Waals surface area contributed by atoms with Crippen LogP contribution in [0.5, 0.6) is 0 Å². The van der Waals surface area contributed by atoms with Crippen LogP contribution in [0.25, 0.3) is 0 Å². The van der Waals surface area contributed by atoms with E-state index < -0.39 is 17.5 Å². The van der Waals surface area contributed by atoms with Crippen LogP contribution in [-0.4, -0.2) is 34.3 Å². The molecule has 1 aromatic carbocycles. The first kappa shape index (κ1) is 14.8. The van der Waals surface area contributed by atoms with E-state index in [0.29, 0.717) is 13.2 Å². The number of ketones is 1. The van der Waals surface area contributed by atoms with Crippen molar-refractivity contribution in [3.63, 3.8) is 0 Å². The van der Waals surface area contributed by atoms with Crippen molar-refractivity contribution in [2.75, 3.05) is 6.61 Å². The Morgan fingerprint density at radius 1 is 1.39 bits per heavy atom. The zero-order valence-corrected chi connectivity index (χ0v) is 10.8. The van der Waals surface area contributed by atoms with Crippen molar-refractivity contribution in [1.29, 1.82) is 0 Å². The van der Waals surface area contributed by atoms with Crippen molar-refractivity contribution in [3.8, 4) is 0 Å². The summed E-state index contributed by atoms with van der Waals surface area (Å²) in [4.78, 5) is 11.1. The predicted molar refractivity (Wildman–Crippen MR) is 68.0 cm³/mol. The summed E-state index contributed by atoms with van der Waals surface area (Å²) in [6.45, 7) is 3.32. The maximum Gasteiger partial charge on any atom is 0.163 e. The topological polar surface area (TPSA) is 66.8 Å². The van der Waals surface area contributed by atoms with Crippen LogP contribution in [0.4, 0.5) is 0 Å². The molecule has 0 bridgehead atoms. The zero-order valence-electron chi connectivity index (χ0n) is 10.8. The fourth-order valence-electron chi connectivity index (χ4n) is 1.47. The highest BCUT2D eigenvalue weighted by atomic mass is 16.5. The lowest BCUT2D eigenvalue weighted by Crippen LogP contribution is -2.46. The zero-order chi connectivity index (χ0) is 13.6. The molecule has 0 aromatic heterocycles. The number of hydrogen-bond donors (Lipinski definition) is 2. The van der Waals surface area contributed by atoms with Gasteiger partial charge in [0, 0.05) is 6.61 Å². The molecule has 0 aliphatic carbocycles. The molecule has 0 amide bonds. The van der Waals surface area contributed by atoms with Crippen LogP contribution in [0.3, 0.4) is 0 Å². The van der Waals surface area contributed by atoms with E-state index in [-0.39, 0.29) is 6.42 Å². The predicted octanol–water partition coefficient (Wildman–Crippen LogP) is 1.29. The number of aliphatic hydroxyl groups is 2. The first-order valence-corrected chi connectivity index (χ1v) is 5.97. The first-order chi connectivity index (χ1) is 8.44. The fraction of sp³-hybridized carbons (Fsp3) is 0.500. The highest BCUT2D eigenvalue weighted by molar-refractivity contribution is 5.84. The van der Waals surface area contributed by atoms with Crippen molar-refractivity contribution < 1.29 is 19.7 Å².